The number of aliphatic hydroxyl groups excluding tert-OH is 1. The summed E-state index contributed by atoms with van der Waals surface area (Å²) in [5, 5.41) is 25.5. The van der Waals surface area contributed by atoms with Crippen LogP contribution < -0.4 is 43.4 Å². The van der Waals surface area contributed by atoms with Gasteiger partial charge in [-0.1, -0.05) is 0 Å². The maximum absolute atomic E-state index is 13.1. The van der Waals surface area contributed by atoms with E-state index in [9.17, 15) is 38.7 Å². The second-order valence-electron chi connectivity index (χ2n) is 10.6. The van der Waals surface area contributed by atoms with Gasteiger partial charge in [-0.2, -0.15) is 0 Å². The predicted molar refractivity (Wildman–Crippen MR) is 164 cm³/mol. The number of esters is 1. The summed E-state index contributed by atoms with van der Waals surface area (Å²) in [5.74, 6) is -5.59. The first kappa shape index (κ1) is 41.3. The molecule has 0 aliphatic carbocycles. The van der Waals surface area contributed by atoms with Crippen molar-refractivity contribution in [2.45, 2.75) is 102 Å². The van der Waals surface area contributed by atoms with Gasteiger partial charge in [-0.15, -0.1) is 0 Å². The molecule has 0 saturated carbocycles. The van der Waals surface area contributed by atoms with Crippen molar-refractivity contribution in [2.24, 2.45) is 11.5 Å². The number of rotatable bonds is 23. The van der Waals surface area contributed by atoms with E-state index in [0.29, 0.717) is 45.3 Å². The third kappa shape index (κ3) is 16.3. The van der Waals surface area contributed by atoms with Crippen LogP contribution in [0.25, 0.3) is 0 Å². The number of carbonyl (C=O) groups is 7. The van der Waals surface area contributed by atoms with E-state index in [4.69, 9.17) is 11.5 Å². The van der Waals surface area contributed by atoms with Crippen molar-refractivity contribution < 1.29 is 43.4 Å². The summed E-state index contributed by atoms with van der Waals surface area (Å²) in [7, 11) is 2.71. The average molecular weight is 645 g/mol. The van der Waals surface area contributed by atoms with Crippen molar-refractivity contribution in [2.75, 3.05) is 33.8 Å². The van der Waals surface area contributed by atoms with Crippen LogP contribution in [0.4, 0.5) is 0 Å². The quantitative estimate of drug-likeness (QED) is 0.0297. The number of ether oxygens (including phenoxy) is 1. The van der Waals surface area contributed by atoms with Crippen molar-refractivity contribution in [1.29, 1.82) is 0 Å². The number of hydrogen-bond donors (Lipinski definition) is 9. The Balaban J connectivity index is 5.55. The summed E-state index contributed by atoms with van der Waals surface area (Å²) >= 11 is 0. The highest BCUT2D eigenvalue weighted by Gasteiger charge is 2.33. The van der Waals surface area contributed by atoms with Crippen molar-refractivity contribution in [1.82, 2.24) is 31.9 Å². The molecule has 0 radical (unpaired) electrons. The Morgan fingerprint density at radius 2 is 1.20 bits per heavy atom. The first-order valence-electron chi connectivity index (χ1n) is 15.1. The lowest BCUT2D eigenvalue weighted by Gasteiger charge is -2.27. The zero-order valence-electron chi connectivity index (χ0n) is 26.9. The third-order valence-electron chi connectivity index (χ3n) is 6.73. The van der Waals surface area contributed by atoms with E-state index in [2.05, 4.69) is 36.6 Å². The van der Waals surface area contributed by atoms with E-state index < -0.39 is 71.7 Å². The van der Waals surface area contributed by atoms with Gasteiger partial charge in [0, 0.05) is 13.0 Å². The summed E-state index contributed by atoms with van der Waals surface area (Å²) in [6.07, 6.45) is 1.26. The molecule has 0 bridgehead atoms. The minimum Gasteiger partial charge on any atom is -0.463 e. The number of nitrogens with one attached hydrogen (secondary N) is 6. The minimum atomic E-state index is -1.48. The number of methoxy groups -OCH3 is 1. The molecule has 0 unspecified atom stereocenters. The van der Waals surface area contributed by atoms with Crippen molar-refractivity contribution >= 4 is 41.3 Å². The molecule has 6 atom stereocenters. The molecule has 258 valence electrons. The van der Waals surface area contributed by atoms with Crippen LogP contribution in [-0.4, -0.2) is 116 Å². The third-order valence-corrected chi connectivity index (χ3v) is 6.73. The summed E-state index contributed by atoms with van der Waals surface area (Å²) in [5.41, 5.74) is 11.1. The number of nitrogens with two attached hydrogens (primary N) is 2. The molecule has 17 nitrogen and oxygen atoms in total. The number of ketones is 1. The van der Waals surface area contributed by atoms with Gasteiger partial charge in [-0.3, -0.25) is 28.8 Å². The Morgan fingerprint density at radius 3 is 1.69 bits per heavy atom. The molecule has 0 fully saturated rings. The van der Waals surface area contributed by atoms with Gasteiger partial charge < -0.3 is 53.2 Å². The van der Waals surface area contributed by atoms with E-state index in [1.807, 2.05) is 0 Å². The Hall–Kier alpha value is -3.67. The van der Waals surface area contributed by atoms with E-state index >= 15 is 0 Å². The van der Waals surface area contributed by atoms with Crippen LogP contribution in [0.5, 0.6) is 0 Å². The Labute approximate surface area is 264 Å². The molecule has 0 aliphatic heterocycles. The molecule has 0 spiro atoms. The standard InChI is InChI=1S/C28H52N8O9/c1-16(23(39)28(44)45-5)32-25(41)20(11-7-9-14-30)35-24(40)17(2)33-27(43)22(18(3)37)36-26(42)19(10-6-8-13-29)34-21(38)12-15-31-4/h16-20,22,31,37H,6-15,29-30H2,1-5H3,(H,32,41)(H,33,43)(H,34,38)(H,35,40)(H,36,42)/t16-,17-,18+,19-,20-,22-/m0/s1. The van der Waals surface area contributed by atoms with E-state index in [1.165, 1.54) is 20.8 Å². The van der Waals surface area contributed by atoms with Crippen molar-refractivity contribution in [3.63, 3.8) is 0 Å². The fourth-order valence-corrected chi connectivity index (χ4v) is 4.01. The van der Waals surface area contributed by atoms with E-state index in [-0.39, 0.29) is 25.2 Å². The lowest BCUT2D eigenvalue weighted by molar-refractivity contribution is -0.152. The SMILES string of the molecule is CNCCC(=O)N[C@@H](CCCCN)C(=O)N[C@H](C(=O)N[C@@H](C)C(=O)N[C@@H](CCCCN)C(=O)N[C@@H](C)C(=O)C(=O)OC)[C@@H](C)O. The fourth-order valence-electron chi connectivity index (χ4n) is 4.01. The number of Topliss-reactive ketones (excluding diaryl/α,β-unsaturated/α-hetero) is 1. The zero-order chi connectivity index (χ0) is 34.5. The number of unbranched alkanes of at least 4 members (excludes halogenated alkanes) is 2. The first-order chi connectivity index (χ1) is 21.2. The highest BCUT2D eigenvalue weighted by atomic mass is 16.5. The molecule has 0 aromatic carbocycles. The molecule has 17 heteroatoms. The second-order valence-corrected chi connectivity index (χ2v) is 10.6. The highest BCUT2D eigenvalue weighted by Crippen LogP contribution is 2.06. The second kappa shape index (κ2) is 22.8. The van der Waals surface area contributed by atoms with Gasteiger partial charge in [0.25, 0.3) is 5.78 Å². The number of aliphatic hydroxyl groups is 1. The molecule has 0 aromatic rings. The minimum absolute atomic E-state index is 0.121. The molecule has 0 aliphatic rings. The van der Waals surface area contributed by atoms with Crippen molar-refractivity contribution in [3.05, 3.63) is 0 Å². The van der Waals surface area contributed by atoms with Crippen LogP contribution in [0, 0.1) is 0 Å². The van der Waals surface area contributed by atoms with Gasteiger partial charge in [0.15, 0.2) is 0 Å². The van der Waals surface area contributed by atoms with Gasteiger partial charge in [0.1, 0.15) is 24.2 Å². The zero-order valence-corrected chi connectivity index (χ0v) is 26.9. The summed E-state index contributed by atoms with van der Waals surface area (Å²) in [6.45, 7) is 5.03. The molecule has 5 amide bonds. The average Bonchev–Trinajstić information content (AvgIpc) is 3.00. The summed E-state index contributed by atoms with van der Waals surface area (Å²) < 4.78 is 4.38. The Bertz CT molecular complexity index is 995. The Kier molecular flexibility index (Phi) is 20.9. The molecule has 0 saturated heterocycles. The Morgan fingerprint density at radius 1 is 0.689 bits per heavy atom. The highest BCUT2D eigenvalue weighted by molar-refractivity contribution is 6.35. The van der Waals surface area contributed by atoms with Crippen LogP contribution >= 0.6 is 0 Å². The topological polar surface area (TPSA) is 273 Å². The fraction of sp³-hybridized carbons (Fsp3) is 0.750. The number of amides is 5. The van der Waals surface area contributed by atoms with Crippen LogP contribution in [0.15, 0.2) is 0 Å². The molecule has 45 heavy (non-hydrogen) atoms. The lowest BCUT2D eigenvalue weighted by atomic mass is 10.1. The predicted octanol–water partition coefficient (Wildman–Crippen LogP) is -3.56. The van der Waals surface area contributed by atoms with E-state index in [1.54, 1.807) is 7.05 Å². The van der Waals surface area contributed by atoms with Crippen LogP contribution in [0.2, 0.25) is 0 Å². The van der Waals surface area contributed by atoms with Gasteiger partial charge in [-0.05, 0) is 79.4 Å². The van der Waals surface area contributed by atoms with Gasteiger partial charge in [0.05, 0.1) is 19.3 Å². The van der Waals surface area contributed by atoms with Crippen LogP contribution in [0.3, 0.4) is 0 Å². The molecule has 0 heterocycles. The van der Waals surface area contributed by atoms with E-state index in [0.717, 1.165) is 7.11 Å². The van der Waals surface area contributed by atoms with Crippen LogP contribution in [0.1, 0.15) is 65.7 Å². The molecular formula is C28H52N8O9. The number of hydrogen-bond acceptors (Lipinski definition) is 12. The molecule has 0 aromatic heterocycles. The molecular weight excluding hydrogens is 592 g/mol. The molecule has 11 N–H and O–H groups in total. The maximum Gasteiger partial charge on any atom is 0.376 e. The van der Waals surface area contributed by atoms with Crippen molar-refractivity contribution in [3.8, 4) is 0 Å². The smallest absolute Gasteiger partial charge is 0.376 e. The number of carbonyl (C=O) groups excluding carboxylic acids is 7. The first-order valence-corrected chi connectivity index (χ1v) is 15.1. The largest absolute Gasteiger partial charge is 0.463 e. The summed E-state index contributed by atoms with van der Waals surface area (Å²) in [6, 6.07) is -6.05. The monoisotopic (exact) mass is 644 g/mol. The van der Waals surface area contributed by atoms with Crippen LogP contribution in [-0.2, 0) is 38.3 Å². The lowest BCUT2D eigenvalue weighted by Crippen LogP contribution is -2.60. The van der Waals surface area contributed by atoms with Gasteiger partial charge in [-0.25, -0.2) is 4.79 Å². The maximum atomic E-state index is 13.1. The normalized spacial score (nSPS) is 14.8. The van der Waals surface area contributed by atoms with Gasteiger partial charge in [0.2, 0.25) is 29.5 Å². The molecule has 0 rings (SSSR count). The van der Waals surface area contributed by atoms with Gasteiger partial charge >= 0.3 is 5.97 Å². The summed E-state index contributed by atoms with van der Waals surface area (Å²) in [4.78, 5) is 87.9.